The largest absolute Gasteiger partial charge is 0.456 e. The van der Waals surface area contributed by atoms with Crippen molar-refractivity contribution in [3.05, 3.63) is 201 Å². The molecular weight excluding hydrogens is 761 g/mol. The summed E-state index contributed by atoms with van der Waals surface area (Å²) in [5, 5.41) is 0. The zero-order chi connectivity index (χ0) is 42.3. The van der Waals surface area contributed by atoms with Crippen LogP contribution >= 0.6 is 0 Å². The van der Waals surface area contributed by atoms with E-state index < -0.39 is 11.1 Å². The smallest absolute Gasteiger partial charge is 0.137 e. The molecule has 2 spiro atoms. The Bertz CT molecular complexity index is 2670. The molecule has 4 aliphatic heterocycles. The Labute approximate surface area is 366 Å². The molecule has 4 heterocycles. The Morgan fingerprint density at radius 3 is 1.21 bits per heavy atom. The number of benzene rings is 7. The second-order valence-electron chi connectivity index (χ2n) is 17.3. The highest BCUT2D eigenvalue weighted by Crippen LogP contribution is 2.64. The maximum absolute atomic E-state index is 7.30. The number of fused-ring (bicyclic) bond motifs is 12. The highest BCUT2D eigenvalue weighted by molar-refractivity contribution is 5.81. The van der Waals surface area contributed by atoms with Gasteiger partial charge in [0.25, 0.3) is 0 Å². The molecule has 0 radical (unpaired) electrons. The zero-order valence-electron chi connectivity index (χ0n) is 36.7. The molecule has 2 atom stereocenters. The molecule has 62 heavy (non-hydrogen) atoms. The molecule has 7 aromatic rings. The Morgan fingerprint density at radius 1 is 0.419 bits per heavy atom. The summed E-state index contributed by atoms with van der Waals surface area (Å²) < 4.78 is 14.6. The van der Waals surface area contributed by atoms with Crippen molar-refractivity contribution < 1.29 is 9.47 Å². The van der Waals surface area contributed by atoms with E-state index in [0.29, 0.717) is 0 Å². The second-order valence-corrected chi connectivity index (χ2v) is 17.3. The highest BCUT2D eigenvalue weighted by atomic mass is 16.5. The van der Waals surface area contributed by atoms with Crippen molar-refractivity contribution in [2.24, 2.45) is 0 Å². The molecule has 0 aromatic heterocycles. The van der Waals surface area contributed by atoms with Gasteiger partial charge in [0.05, 0.1) is 0 Å². The first-order chi connectivity index (χ1) is 30.3. The van der Waals surface area contributed by atoms with Gasteiger partial charge in [0.2, 0.25) is 0 Å². The van der Waals surface area contributed by atoms with Crippen molar-refractivity contribution in [2.75, 3.05) is 45.8 Å². The highest BCUT2D eigenvalue weighted by Gasteiger charge is 2.57. The van der Waals surface area contributed by atoms with Crippen LogP contribution < -0.4 is 29.1 Å². The van der Waals surface area contributed by atoms with E-state index in [-0.39, 0.29) is 0 Å². The summed E-state index contributed by atoms with van der Waals surface area (Å²) >= 11 is 0. The van der Waals surface area contributed by atoms with Gasteiger partial charge in [-0.2, -0.15) is 0 Å². The molecule has 7 aromatic carbocycles. The molecule has 0 saturated carbocycles. The summed E-state index contributed by atoms with van der Waals surface area (Å²) in [4.78, 5) is 10.0. The van der Waals surface area contributed by atoms with Gasteiger partial charge in [0, 0.05) is 102 Å². The lowest BCUT2D eigenvalue weighted by molar-refractivity contribution is 0.390. The van der Waals surface area contributed by atoms with E-state index in [2.05, 4.69) is 207 Å². The summed E-state index contributed by atoms with van der Waals surface area (Å²) in [6.07, 6.45) is 0. The van der Waals surface area contributed by atoms with Crippen molar-refractivity contribution in [3.63, 3.8) is 0 Å². The van der Waals surface area contributed by atoms with Crippen LogP contribution in [0.3, 0.4) is 0 Å². The van der Waals surface area contributed by atoms with E-state index in [9.17, 15) is 0 Å². The van der Waals surface area contributed by atoms with E-state index in [1.54, 1.807) is 0 Å². The molecular formula is C56H54N4O2. The topological polar surface area (TPSA) is 31.4 Å². The van der Waals surface area contributed by atoms with Gasteiger partial charge >= 0.3 is 0 Å². The lowest BCUT2D eigenvalue weighted by Crippen LogP contribution is -2.48. The number of anilines is 4. The van der Waals surface area contributed by atoms with E-state index >= 15 is 0 Å². The van der Waals surface area contributed by atoms with Crippen LogP contribution in [0.2, 0.25) is 0 Å². The lowest BCUT2D eigenvalue weighted by atomic mass is 9.70. The first-order valence-corrected chi connectivity index (χ1v) is 22.5. The predicted molar refractivity (Wildman–Crippen MR) is 254 cm³/mol. The first kappa shape index (κ1) is 38.3. The fraction of sp³-hybridized carbons (Fsp3) is 0.250. The van der Waals surface area contributed by atoms with Crippen LogP contribution in [0.1, 0.15) is 83.3 Å². The predicted octanol–water partition coefficient (Wildman–Crippen LogP) is 12.8. The fourth-order valence-corrected chi connectivity index (χ4v) is 11.3. The molecule has 11 rings (SSSR count). The third-order valence-corrected chi connectivity index (χ3v) is 14.2. The summed E-state index contributed by atoms with van der Waals surface area (Å²) in [6, 6.07) is 54.7. The van der Waals surface area contributed by atoms with Crippen LogP contribution in [-0.4, -0.2) is 26.2 Å². The van der Waals surface area contributed by atoms with Crippen molar-refractivity contribution in [2.45, 2.75) is 65.7 Å². The van der Waals surface area contributed by atoms with E-state index in [4.69, 9.17) is 9.47 Å². The minimum absolute atomic E-state index is 0.716. The van der Waals surface area contributed by atoms with Crippen molar-refractivity contribution in [3.8, 4) is 23.0 Å². The normalized spacial score (nSPS) is 18.6. The van der Waals surface area contributed by atoms with Crippen LogP contribution in [-0.2, 0) is 24.2 Å². The minimum Gasteiger partial charge on any atom is -0.456 e. The van der Waals surface area contributed by atoms with Gasteiger partial charge in [-0.3, -0.25) is 0 Å². The SMILES string of the molecule is CCN(CC)c1ccc2c(c1)Oc1cc3c(cc1C21c2ccccc2CN1c1ccc(C)cc1)C1(c2ccccc2CN1c1ccc(C)cc1)c1ccc(N(CC)CC)cc1O3. The Morgan fingerprint density at radius 2 is 0.806 bits per heavy atom. The number of hydrogen-bond acceptors (Lipinski definition) is 6. The van der Waals surface area contributed by atoms with Crippen molar-refractivity contribution in [1.29, 1.82) is 0 Å². The number of rotatable bonds is 8. The van der Waals surface area contributed by atoms with Crippen molar-refractivity contribution in [1.82, 2.24) is 0 Å². The van der Waals surface area contributed by atoms with Gasteiger partial charge in [0.1, 0.15) is 34.1 Å². The Balaban J connectivity index is 1.25. The number of nitrogens with zero attached hydrogens (tertiary/aromatic N) is 4. The summed E-state index contributed by atoms with van der Waals surface area (Å²) in [5.74, 6) is 3.37. The van der Waals surface area contributed by atoms with E-state index in [0.717, 1.165) is 95.9 Å². The number of ether oxygens (including phenoxy) is 2. The molecule has 0 aliphatic carbocycles. The first-order valence-electron chi connectivity index (χ1n) is 22.5. The van der Waals surface area contributed by atoms with Gasteiger partial charge in [-0.15, -0.1) is 0 Å². The minimum atomic E-state index is -0.716. The lowest BCUT2D eigenvalue weighted by Gasteiger charge is -2.49. The third-order valence-electron chi connectivity index (χ3n) is 14.2. The molecule has 4 aliphatic rings. The van der Waals surface area contributed by atoms with Gasteiger partial charge in [-0.05, 0) is 106 Å². The zero-order valence-corrected chi connectivity index (χ0v) is 36.7. The van der Waals surface area contributed by atoms with Gasteiger partial charge in [0.15, 0.2) is 0 Å². The standard InChI is InChI=1S/C56H54N4O2/c1-7-57(8-2)43-27-29-47-51(31-43)61-53-34-54-50(33-49(53)55(47)45-17-13-11-15-39(45)35-59(55)41-23-19-37(5)20-24-41)56(48-30-28-44(32-52(48)62-54)58(9-3)10-4)46-18-14-12-16-40(46)36-60(56)42-25-21-38(6)22-26-42/h11-34H,7-10,35-36H2,1-6H3. The molecule has 0 saturated heterocycles. The molecule has 0 N–H and O–H groups in total. The van der Waals surface area contributed by atoms with Gasteiger partial charge < -0.3 is 29.1 Å². The molecule has 2 unspecified atom stereocenters. The molecule has 6 nitrogen and oxygen atoms in total. The second kappa shape index (κ2) is 14.5. The van der Waals surface area contributed by atoms with Crippen LogP contribution in [0.15, 0.2) is 146 Å². The summed E-state index contributed by atoms with van der Waals surface area (Å²) in [5.41, 5.74) is 15.4. The Kier molecular flexibility index (Phi) is 8.94. The molecule has 6 heteroatoms. The fourth-order valence-electron chi connectivity index (χ4n) is 11.3. The van der Waals surface area contributed by atoms with Crippen LogP contribution in [0.5, 0.6) is 23.0 Å². The number of aryl methyl sites for hydroxylation is 2. The number of hydrogen-bond donors (Lipinski definition) is 0. The van der Waals surface area contributed by atoms with E-state index in [1.807, 2.05) is 0 Å². The quantitative estimate of drug-likeness (QED) is 0.152. The van der Waals surface area contributed by atoms with E-state index in [1.165, 1.54) is 44.8 Å². The Hall–Kier alpha value is -6.66. The van der Waals surface area contributed by atoms with Crippen molar-refractivity contribution >= 4 is 22.7 Å². The van der Waals surface area contributed by atoms with Crippen LogP contribution in [0.4, 0.5) is 22.7 Å². The molecule has 0 fully saturated rings. The summed E-state index contributed by atoms with van der Waals surface area (Å²) in [7, 11) is 0. The maximum atomic E-state index is 7.30. The molecule has 310 valence electrons. The van der Waals surface area contributed by atoms with Gasteiger partial charge in [-0.25, -0.2) is 0 Å². The molecule has 0 amide bonds. The monoisotopic (exact) mass is 814 g/mol. The van der Waals surface area contributed by atoms with Crippen LogP contribution in [0.25, 0.3) is 0 Å². The van der Waals surface area contributed by atoms with Gasteiger partial charge in [-0.1, -0.05) is 96.1 Å². The maximum Gasteiger partial charge on any atom is 0.137 e. The average molecular weight is 815 g/mol. The molecule has 0 bridgehead atoms. The van der Waals surface area contributed by atoms with Crippen LogP contribution in [0, 0.1) is 13.8 Å². The summed E-state index contributed by atoms with van der Waals surface area (Å²) in [6.45, 7) is 18.4. The third kappa shape index (κ3) is 5.35. The average Bonchev–Trinajstić information content (AvgIpc) is 3.82.